The summed E-state index contributed by atoms with van der Waals surface area (Å²) in [6, 6.07) is 16.2. The highest BCUT2D eigenvalue weighted by molar-refractivity contribution is 9.10. The molecular weight excluding hydrogens is 442 g/mol. The molecule has 1 atom stereocenters. The molecule has 2 aliphatic carbocycles. The Hall–Kier alpha value is -2.18. The van der Waals surface area contributed by atoms with E-state index >= 15 is 0 Å². The molecule has 1 amide bonds. The topological polar surface area (TPSA) is 67.9 Å². The number of carbonyl (C=O) groups excluding carboxylic acids is 1. The molecule has 30 heavy (non-hydrogen) atoms. The first-order valence-electron chi connectivity index (χ1n) is 10.5. The van der Waals surface area contributed by atoms with E-state index in [9.17, 15) is 4.79 Å². The van der Waals surface area contributed by atoms with E-state index in [4.69, 9.17) is 15.5 Å². The number of halogens is 1. The summed E-state index contributed by atoms with van der Waals surface area (Å²) in [5.41, 5.74) is 8.50. The van der Waals surface area contributed by atoms with E-state index in [0.29, 0.717) is 12.5 Å². The summed E-state index contributed by atoms with van der Waals surface area (Å²) in [6.07, 6.45) is 4.79. The Morgan fingerprint density at radius 1 is 1.20 bits per heavy atom. The first kappa shape index (κ1) is 19.8. The summed E-state index contributed by atoms with van der Waals surface area (Å²) in [5, 5.41) is 0. The number of ether oxygens (including phenoxy) is 1. The van der Waals surface area contributed by atoms with Crippen molar-refractivity contribution in [2.75, 3.05) is 7.11 Å². The number of amides is 1. The van der Waals surface area contributed by atoms with Crippen molar-refractivity contribution in [3.63, 3.8) is 0 Å². The van der Waals surface area contributed by atoms with Crippen LogP contribution in [0.5, 0.6) is 0 Å². The monoisotopic (exact) mass is 467 g/mol. The zero-order valence-corrected chi connectivity index (χ0v) is 18.7. The van der Waals surface area contributed by atoms with Crippen LogP contribution in [0.25, 0.3) is 0 Å². The molecule has 3 aliphatic rings. The lowest BCUT2D eigenvalue weighted by atomic mass is 9.61. The van der Waals surface area contributed by atoms with Crippen LogP contribution in [0.4, 0.5) is 0 Å². The molecule has 6 heteroatoms. The van der Waals surface area contributed by atoms with Gasteiger partial charge in [0.05, 0.1) is 12.6 Å². The van der Waals surface area contributed by atoms with E-state index in [0.717, 1.165) is 47.7 Å². The van der Waals surface area contributed by atoms with Crippen LogP contribution in [0.3, 0.4) is 0 Å². The van der Waals surface area contributed by atoms with E-state index in [1.54, 1.807) is 12.0 Å². The van der Waals surface area contributed by atoms with Crippen molar-refractivity contribution >= 4 is 27.8 Å². The molecule has 0 saturated heterocycles. The third-order valence-electron chi connectivity index (χ3n) is 7.28. The molecule has 1 unspecified atom stereocenters. The third-order valence-corrected chi connectivity index (χ3v) is 7.77. The number of benzene rings is 2. The zero-order valence-electron chi connectivity index (χ0n) is 17.1. The van der Waals surface area contributed by atoms with E-state index < -0.39 is 5.54 Å². The zero-order chi connectivity index (χ0) is 20.9. The maximum Gasteiger partial charge on any atom is 0.262 e. The smallest absolute Gasteiger partial charge is 0.262 e. The number of nitrogens with zero attached hydrogens (tertiary/aromatic N) is 2. The first-order valence-corrected chi connectivity index (χ1v) is 11.3. The Morgan fingerprint density at radius 3 is 2.63 bits per heavy atom. The number of aliphatic imine (C=N–C) groups is 1. The van der Waals surface area contributed by atoms with Crippen LogP contribution in [0.2, 0.25) is 0 Å². The third kappa shape index (κ3) is 2.77. The predicted octanol–water partition coefficient (Wildman–Crippen LogP) is 4.13. The summed E-state index contributed by atoms with van der Waals surface area (Å²) in [4.78, 5) is 20.8. The number of nitrogens with two attached hydrogens (primary N) is 1. The van der Waals surface area contributed by atoms with Gasteiger partial charge in [0.25, 0.3) is 5.91 Å². The van der Waals surface area contributed by atoms with Crippen molar-refractivity contribution in [2.24, 2.45) is 16.1 Å². The maximum absolute atomic E-state index is 14.1. The number of guanidine groups is 1. The lowest BCUT2D eigenvalue weighted by Crippen LogP contribution is -2.52. The molecule has 2 aromatic rings. The van der Waals surface area contributed by atoms with Gasteiger partial charge in [0, 0.05) is 17.0 Å². The quantitative estimate of drug-likeness (QED) is 0.737. The van der Waals surface area contributed by atoms with Gasteiger partial charge in [0.15, 0.2) is 11.5 Å². The number of hydrogen-bond acceptors (Lipinski definition) is 4. The van der Waals surface area contributed by atoms with Gasteiger partial charge >= 0.3 is 0 Å². The molecule has 1 saturated carbocycles. The van der Waals surface area contributed by atoms with E-state index in [1.807, 2.05) is 30.3 Å². The van der Waals surface area contributed by atoms with Crippen LogP contribution in [0.15, 0.2) is 58.0 Å². The van der Waals surface area contributed by atoms with Crippen LogP contribution in [0.1, 0.15) is 42.4 Å². The predicted molar refractivity (Wildman–Crippen MR) is 120 cm³/mol. The number of methoxy groups -OCH3 is 1. The van der Waals surface area contributed by atoms with Crippen molar-refractivity contribution in [1.29, 1.82) is 0 Å². The highest BCUT2D eigenvalue weighted by atomic mass is 79.9. The second-order valence-electron chi connectivity index (χ2n) is 8.75. The fourth-order valence-corrected chi connectivity index (χ4v) is 6.12. The molecule has 2 spiro atoms. The van der Waals surface area contributed by atoms with Crippen LogP contribution >= 0.6 is 15.9 Å². The molecule has 2 N–H and O–H groups in total. The average Bonchev–Trinajstić information content (AvgIpc) is 3.16. The molecule has 1 aliphatic heterocycles. The van der Waals surface area contributed by atoms with Crippen LogP contribution in [-0.2, 0) is 28.0 Å². The van der Waals surface area contributed by atoms with Gasteiger partial charge in [-0.25, -0.2) is 4.99 Å². The molecule has 2 aromatic carbocycles. The summed E-state index contributed by atoms with van der Waals surface area (Å²) in [5.74, 6) is 0.335. The van der Waals surface area contributed by atoms with Crippen molar-refractivity contribution in [3.8, 4) is 0 Å². The number of fused-ring (bicyclic) bond motifs is 3. The highest BCUT2D eigenvalue weighted by Gasteiger charge is 2.66. The number of carbonyl (C=O) groups is 1. The Kier molecular flexibility index (Phi) is 4.75. The maximum atomic E-state index is 14.1. The fourth-order valence-electron chi connectivity index (χ4n) is 5.75. The summed E-state index contributed by atoms with van der Waals surface area (Å²) >= 11 is 3.61. The summed E-state index contributed by atoms with van der Waals surface area (Å²) in [6.45, 7) is 0.441. The lowest BCUT2D eigenvalue weighted by Gasteiger charge is -2.45. The molecule has 0 aromatic heterocycles. The van der Waals surface area contributed by atoms with Crippen molar-refractivity contribution < 1.29 is 9.53 Å². The summed E-state index contributed by atoms with van der Waals surface area (Å²) < 4.78 is 6.59. The van der Waals surface area contributed by atoms with Gasteiger partial charge in [-0.2, -0.15) is 0 Å². The average molecular weight is 468 g/mol. The van der Waals surface area contributed by atoms with Crippen LogP contribution < -0.4 is 5.73 Å². The SMILES string of the molecule is COC1CCC2(CC1)Cc1ccc(Br)cc1C21N=C(N)N(Cc2ccccc2)C1=O. The second-order valence-corrected chi connectivity index (χ2v) is 9.67. The molecule has 1 fully saturated rings. The Bertz CT molecular complexity index is 1010. The van der Waals surface area contributed by atoms with E-state index in [-0.39, 0.29) is 17.4 Å². The van der Waals surface area contributed by atoms with Crippen molar-refractivity contribution in [2.45, 2.75) is 50.3 Å². The first-order chi connectivity index (χ1) is 14.5. The molecule has 5 nitrogen and oxygen atoms in total. The molecule has 5 rings (SSSR count). The van der Waals surface area contributed by atoms with Gasteiger partial charge < -0.3 is 10.5 Å². The van der Waals surface area contributed by atoms with Gasteiger partial charge in [-0.15, -0.1) is 0 Å². The Morgan fingerprint density at radius 2 is 1.93 bits per heavy atom. The van der Waals surface area contributed by atoms with E-state index in [1.165, 1.54) is 5.56 Å². The van der Waals surface area contributed by atoms with Crippen molar-refractivity contribution in [1.82, 2.24) is 4.90 Å². The minimum absolute atomic E-state index is 0.0107. The van der Waals surface area contributed by atoms with Gasteiger partial charge in [-0.05, 0) is 60.9 Å². The largest absolute Gasteiger partial charge is 0.381 e. The fraction of sp³-hybridized carbons (Fsp3) is 0.417. The van der Waals surface area contributed by atoms with E-state index in [2.05, 4.69) is 34.1 Å². The normalized spacial score (nSPS) is 30.2. The summed E-state index contributed by atoms with van der Waals surface area (Å²) in [7, 11) is 1.78. The minimum atomic E-state index is -0.941. The Balaban J connectivity index is 1.60. The molecule has 156 valence electrons. The Labute approximate surface area is 185 Å². The molecule has 0 radical (unpaired) electrons. The molecular formula is C24H26BrN3O2. The standard InChI is InChI=1S/C24H26BrN3O2/c1-30-19-9-11-23(12-10-19)14-17-7-8-18(25)13-20(17)24(23)21(29)28(22(26)27-24)15-16-5-3-2-4-6-16/h2-8,13,19H,9-12,14-15H2,1H3,(H2,26,27). The highest BCUT2D eigenvalue weighted by Crippen LogP contribution is 2.62. The second kappa shape index (κ2) is 7.20. The van der Waals surface area contributed by atoms with Crippen molar-refractivity contribution in [3.05, 3.63) is 69.7 Å². The van der Waals surface area contributed by atoms with Crippen LogP contribution in [-0.4, -0.2) is 30.0 Å². The number of hydrogen-bond donors (Lipinski definition) is 1. The number of rotatable bonds is 3. The molecule has 1 heterocycles. The van der Waals surface area contributed by atoms with Gasteiger partial charge in [0.2, 0.25) is 0 Å². The molecule has 0 bridgehead atoms. The minimum Gasteiger partial charge on any atom is -0.381 e. The van der Waals surface area contributed by atoms with Crippen LogP contribution in [0, 0.1) is 5.41 Å². The lowest BCUT2D eigenvalue weighted by molar-refractivity contribution is -0.138. The van der Waals surface area contributed by atoms with Gasteiger partial charge in [-0.3, -0.25) is 9.69 Å². The van der Waals surface area contributed by atoms with Gasteiger partial charge in [-0.1, -0.05) is 52.3 Å². The van der Waals surface area contributed by atoms with Gasteiger partial charge in [0.1, 0.15) is 0 Å².